The molecule has 0 aliphatic heterocycles. The monoisotopic (exact) mass is 454 g/mol. The summed E-state index contributed by atoms with van der Waals surface area (Å²) in [5.74, 6) is -5.21. The first-order chi connectivity index (χ1) is 15.0. The largest absolute Gasteiger partial charge is 0.505 e. The van der Waals surface area contributed by atoms with E-state index in [1.54, 1.807) is 6.07 Å². The minimum Gasteiger partial charge on any atom is -0.505 e. The highest BCUT2D eigenvalue weighted by Gasteiger charge is 2.62. The molecule has 1 aromatic heterocycles. The Morgan fingerprint density at radius 2 is 1.94 bits per heavy atom. The molecular weight excluding hydrogens is 435 g/mol. The minimum absolute atomic E-state index is 0.0479. The number of aromatic nitrogens is 1. The lowest BCUT2D eigenvalue weighted by Gasteiger charge is -2.46. The number of phenolic OH excluding ortho intramolecular Hbond substituents is 1. The topological polar surface area (TPSA) is 85.4 Å². The molecule has 0 amide bonds. The van der Waals surface area contributed by atoms with Gasteiger partial charge in [-0.2, -0.15) is 17.6 Å². The summed E-state index contributed by atoms with van der Waals surface area (Å²) in [4.78, 5) is 14.1. The van der Waals surface area contributed by atoms with Crippen LogP contribution in [0.2, 0.25) is 0 Å². The van der Waals surface area contributed by atoms with E-state index >= 15 is 0 Å². The first kappa shape index (κ1) is 22.1. The van der Waals surface area contributed by atoms with Gasteiger partial charge < -0.3 is 20.5 Å². The summed E-state index contributed by atoms with van der Waals surface area (Å²) in [5, 5.41) is 24.1. The average molecular weight is 454 g/mol. The van der Waals surface area contributed by atoms with Crippen LogP contribution in [0.3, 0.4) is 0 Å². The normalized spacial score (nSPS) is 23.2. The molecule has 170 valence electrons. The lowest BCUT2D eigenvalue weighted by Crippen LogP contribution is -2.55. The Hall–Kier alpha value is -3.14. The molecule has 1 aliphatic carbocycles. The van der Waals surface area contributed by atoms with Gasteiger partial charge in [-0.15, -0.1) is 0 Å². The molecule has 3 aromatic rings. The van der Waals surface area contributed by atoms with Gasteiger partial charge >= 0.3 is 6.18 Å². The van der Waals surface area contributed by atoms with Gasteiger partial charge in [0.25, 0.3) is 0 Å². The summed E-state index contributed by atoms with van der Waals surface area (Å²) in [6.45, 7) is 1.53. The Bertz CT molecular complexity index is 1260. The van der Waals surface area contributed by atoms with Gasteiger partial charge in [-0.05, 0) is 48.6 Å². The van der Waals surface area contributed by atoms with Gasteiger partial charge in [0.15, 0.2) is 17.2 Å². The third kappa shape index (κ3) is 3.29. The Morgan fingerprint density at radius 1 is 1.22 bits per heavy atom. The zero-order valence-electron chi connectivity index (χ0n) is 16.7. The first-order valence-electron chi connectivity index (χ1n) is 9.86. The quantitative estimate of drug-likeness (QED) is 0.426. The number of H-pyrrole nitrogens is 1. The zero-order chi connectivity index (χ0) is 23.4. The minimum atomic E-state index is -5.13. The zero-order valence-corrected chi connectivity index (χ0v) is 16.7. The van der Waals surface area contributed by atoms with Gasteiger partial charge in [-0.25, -0.2) is 4.39 Å². The summed E-state index contributed by atoms with van der Waals surface area (Å²) in [5.41, 5.74) is -3.88. The standard InChI is InChI=1S/C22H19F5N2O3/c1-2-10-9-21(32,22(25,26)27)20(12-8-13(23)18(24)19(31)17(10)12)29-15-5-3-4-14-11(15)6-7-16(30)28-14/h3-8,10,20,29,31-32H,2,9H2,1H3,(H,28,30)/t10-,20?,21-/m1/s1. The number of phenols is 1. The van der Waals surface area contributed by atoms with E-state index in [1.165, 1.54) is 31.2 Å². The second-order valence-electron chi connectivity index (χ2n) is 7.92. The number of hydrogen-bond acceptors (Lipinski definition) is 4. The van der Waals surface area contributed by atoms with Crippen molar-refractivity contribution in [2.45, 2.75) is 43.5 Å². The van der Waals surface area contributed by atoms with Gasteiger partial charge in [0.05, 0.1) is 11.6 Å². The number of aromatic hydroxyl groups is 1. The van der Waals surface area contributed by atoms with Gasteiger partial charge in [-0.3, -0.25) is 4.79 Å². The summed E-state index contributed by atoms with van der Waals surface area (Å²) in [6.07, 6.45) is -5.95. The van der Waals surface area contributed by atoms with Gasteiger partial charge in [-0.1, -0.05) is 13.0 Å². The molecule has 1 heterocycles. The molecule has 1 aliphatic rings. The average Bonchev–Trinajstić information content (AvgIpc) is 2.72. The van der Waals surface area contributed by atoms with Crippen LogP contribution < -0.4 is 10.9 Å². The molecule has 4 N–H and O–H groups in total. The van der Waals surface area contributed by atoms with Crippen LogP contribution in [0.25, 0.3) is 10.9 Å². The highest BCUT2D eigenvalue weighted by molar-refractivity contribution is 5.91. The Morgan fingerprint density at radius 3 is 2.59 bits per heavy atom. The van der Waals surface area contributed by atoms with Gasteiger partial charge in [0.1, 0.15) is 0 Å². The van der Waals surface area contributed by atoms with Crippen molar-refractivity contribution in [3.63, 3.8) is 0 Å². The van der Waals surface area contributed by atoms with E-state index in [-0.39, 0.29) is 23.2 Å². The molecule has 2 aromatic carbocycles. The summed E-state index contributed by atoms with van der Waals surface area (Å²) in [7, 11) is 0. The molecule has 0 fully saturated rings. The van der Waals surface area contributed by atoms with Crippen molar-refractivity contribution in [1.29, 1.82) is 0 Å². The van der Waals surface area contributed by atoms with Crippen molar-refractivity contribution in [3.05, 3.63) is 69.5 Å². The number of aromatic amines is 1. The van der Waals surface area contributed by atoms with Crippen molar-refractivity contribution >= 4 is 16.6 Å². The number of benzene rings is 2. The van der Waals surface area contributed by atoms with Crippen molar-refractivity contribution in [2.24, 2.45) is 0 Å². The maximum atomic E-state index is 14.2. The number of alkyl halides is 3. The van der Waals surface area contributed by atoms with E-state index in [4.69, 9.17) is 0 Å². The van der Waals surface area contributed by atoms with Crippen LogP contribution in [-0.2, 0) is 0 Å². The van der Waals surface area contributed by atoms with Crippen molar-refractivity contribution in [1.82, 2.24) is 4.98 Å². The van der Waals surface area contributed by atoms with E-state index in [1.807, 2.05) is 0 Å². The number of anilines is 1. The second-order valence-corrected chi connectivity index (χ2v) is 7.92. The molecule has 5 nitrogen and oxygen atoms in total. The number of fused-ring (bicyclic) bond motifs is 2. The van der Waals surface area contributed by atoms with Crippen LogP contribution in [0, 0.1) is 11.6 Å². The second kappa shape index (κ2) is 7.47. The molecule has 1 unspecified atom stereocenters. The predicted octanol–water partition coefficient (Wildman–Crippen LogP) is 4.86. The van der Waals surface area contributed by atoms with E-state index in [0.717, 1.165) is 0 Å². The number of hydrogen-bond donors (Lipinski definition) is 4. The molecule has 10 heteroatoms. The molecule has 4 rings (SSSR count). The van der Waals surface area contributed by atoms with Crippen LogP contribution in [0.1, 0.15) is 42.9 Å². The van der Waals surface area contributed by atoms with Crippen LogP contribution in [0.15, 0.2) is 41.2 Å². The first-order valence-corrected chi connectivity index (χ1v) is 9.86. The van der Waals surface area contributed by atoms with E-state index in [9.17, 15) is 37.0 Å². The lowest BCUT2D eigenvalue weighted by molar-refractivity contribution is -0.272. The molecule has 32 heavy (non-hydrogen) atoms. The number of nitrogens with one attached hydrogen (secondary N) is 2. The van der Waals surface area contributed by atoms with Crippen molar-refractivity contribution in [3.8, 4) is 5.75 Å². The maximum absolute atomic E-state index is 14.2. The van der Waals surface area contributed by atoms with E-state index in [0.29, 0.717) is 17.0 Å². The van der Waals surface area contributed by atoms with Crippen molar-refractivity contribution < 1.29 is 32.2 Å². The Kier molecular flexibility index (Phi) is 5.15. The summed E-state index contributed by atoms with van der Waals surface area (Å²) in [6, 6.07) is 5.65. The molecule has 0 saturated heterocycles. The van der Waals surface area contributed by atoms with Crippen LogP contribution in [-0.4, -0.2) is 27.0 Å². The maximum Gasteiger partial charge on any atom is 0.419 e. The van der Waals surface area contributed by atoms with E-state index < -0.39 is 53.1 Å². The highest BCUT2D eigenvalue weighted by atomic mass is 19.4. The smallest absolute Gasteiger partial charge is 0.419 e. The molecular formula is C22H19F5N2O3. The predicted molar refractivity (Wildman–Crippen MR) is 108 cm³/mol. The van der Waals surface area contributed by atoms with Crippen molar-refractivity contribution in [2.75, 3.05) is 5.32 Å². The fourth-order valence-electron chi connectivity index (χ4n) is 4.46. The molecule has 0 radical (unpaired) electrons. The van der Waals surface area contributed by atoms with Gasteiger partial charge in [0, 0.05) is 22.7 Å². The molecule has 3 atom stereocenters. The number of aliphatic hydroxyl groups is 1. The summed E-state index contributed by atoms with van der Waals surface area (Å²) < 4.78 is 70.8. The Balaban J connectivity index is 1.97. The number of pyridine rings is 1. The SMILES string of the molecule is CC[C@@H]1C[C@](O)(C(F)(F)F)C(Nc2cccc3[nH]c(=O)ccc23)c2cc(F)c(F)c(O)c21. The van der Waals surface area contributed by atoms with E-state index in [2.05, 4.69) is 10.3 Å². The number of halogens is 5. The van der Waals surface area contributed by atoms with Crippen LogP contribution in [0.5, 0.6) is 5.75 Å². The highest BCUT2D eigenvalue weighted by Crippen LogP contribution is 2.55. The molecule has 0 bridgehead atoms. The third-order valence-corrected chi connectivity index (χ3v) is 6.07. The number of rotatable bonds is 3. The molecule has 0 saturated carbocycles. The van der Waals surface area contributed by atoms with Crippen LogP contribution >= 0.6 is 0 Å². The fourth-order valence-corrected chi connectivity index (χ4v) is 4.46. The summed E-state index contributed by atoms with van der Waals surface area (Å²) >= 11 is 0. The Labute approximate surface area is 178 Å². The molecule has 0 spiro atoms. The van der Waals surface area contributed by atoms with Crippen LogP contribution in [0.4, 0.5) is 27.6 Å². The third-order valence-electron chi connectivity index (χ3n) is 6.07. The lowest BCUT2D eigenvalue weighted by atomic mass is 9.69. The fraction of sp³-hybridized carbons (Fsp3) is 0.318. The van der Waals surface area contributed by atoms with Gasteiger partial charge in [0.2, 0.25) is 11.4 Å².